The Labute approximate surface area is 103 Å². The van der Waals surface area contributed by atoms with Crippen molar-refractivity contribution >= 4 is 11.6 Å². The molecule has 0 saturated carbocycles. The van der Waals surface area contributed by atoms with E-state index >= 15 is 0 Å². The highest BCUT2D eigenvalue weighted by Crippen LogP contribution is 2.12. The lowest BCUT2D eigenvalue weighted by Crippen LogP contribution is -2.21. The predicted molar refractivity (Wildman–Crippen MR) is 65.1 cm³/mol. The van der Waals surface area contributed by atoms with Gasteiger partial charge in [0.2, 0.25) is 5.91 Å². The standard InChI is InChI=1S/C12H13FN4O/c13-9-3-1-2-4-10(9)16-12(18)8-17-6-5-15-11(17)7-14/h1-6H,7-8,14H2,(H,16,18). The summed E-state index contributed by atoms with van der Waals surface area (Å²) < 4.78 is 14.9. The van der Waals surface area contributed by atoms with E-state index in [1.165, 1.54) is 12.1 Å². The Hall–Kier alpha value is -2.21. The van der Waals surface area contributed by atoms with Crippen molar-refractivity contribution in [1.82, 2.24) is 9.55 Å². The highest BCUT2D eigenvalue weighted by Gasteiger charge is 2.08. The van der Waals surface area contributed by atoms with Crippen LogP contribution >= 0.6 is 0 Å². The third-order valence-electron chi connectivity index (χ3n) is 2.45. The van der Waals surface area contributed by atoms with E-state index in [1.54, 1.807) is 29.1 Å². The Bertz CT molecular complexity index is 553. The van der Waals surface area contributed by atoms with Gasteiger partial charge >= 0.3 is 0 Å². The van der Waals surface area contributed by atoms with Crippen LogP contribution in [0.4, 0.5) is 10.1 Å². The van der Waals surface area contributed by atoms with Crippen LogP contribution in [-0.2, 0) is 17.9 Å². The number of hydrogen-bond acceptors (Lipinski definition) is 3. The Morgan fingerprint density at radius 2 is 2.22 bits per heavy atom. The number of carbonyl (C=O) groups is 1. The lowest BCUT2D eigenvalue weighted by atomic mass is 10.3. The number of nitrogens with two attached hydrogens (primary N) is 1. The molecule has 0 fully saturated rings. The summed E-state index contributed by atoms with van der Waals surface area (Å²) in [6.45, 7) is 0.306. The summed E-state index contributed by atoms with van der Waals surface area (Å²) in [4.78, 5) is 15.7. The number of para-hydroxylation sites is 1. The molecule has 0 bridgehead atoms. The van der Waals surface area contributed by atoms with Crippen LogP contribution < -0.4 is 11.1 Å². The van der Waals surface area contributed by atoms with E-state index in [-0.39, 0.29) is 24.7 Å². The highest BCUT2D eigenvalue weighted by molar-refractivity contribution is 5.90. The largest absolute Gasteiger partial charge is 0.324 e. The number of amides is 1. The van der Waals surface area contributed by atoms with E-state index in [1.807, 2.05) is 0 Å². The number of rotatable bonds is 4. The molecule has 1 aromatic heterocycles. The molecule has 0 saturated heterocycles. The summed E-state index contributed by atoms with van der Waals surface area (Å²) in [6.07, 6.45) is 3.22. The molecule has 0 aliphatic rings. The van der Waals surface area contributed by atoms with Gasteiger partial charge in [-0.3, -0.25) is 4.79 Å². The monoisotopic (exact) mass is 248 g/mol. The summed E-state index contributed by atoms with van der Waals surface area (Å²) in [7, 11) is 0. The Kier molecular flexibility index (Phi) is 3.69. The fourth-order valence-electron chi connectivity index (χ4n) is 1.58. The lowest BCUT2D eigenvalue weighted by molar-refractivity contribution is -0.116. The van der Waals surface area contributed by atoms with E-state index in [4.69, 9.17) is 5.73 Å². The fraction of sp³-hybridized carbons (Fsp3) is 0.167. The first-order valence-electron chi connectivity index (χ1n) is 5.45. The number of hydrogen-bond donors (Lipinski definition) is 2. The molecule has 0 radical (unpaired) electrons. The number of nitrogens with zero attached hydrogens (tertiary/aromatic N) is 2. The molecule has 6 heteroatoms. The first-order chi connectivity index (χ1) is 8.70. The van der Waals surface area contributed by atoms with Crippen LogP contribution in [0.1, 0.15) is 5.82 Å². The molecule has 2 rings (SSSR count). The molecular weight excluding hydrogens is 235 g/mol. The van der Waals surface area contributed by atoms with Crippen molar-refractivity contribution in [3.05, 3.63) is 48.3 Å². The van der Waals surface area contributed by atoms with Crippen LogP contribution in [0.5, 0.6) is 0 Å². The zero-order valence-corrected chi connectivity index (χ0v) is 9.64. The quantitative estimate of drug-likeness (QED) is 0.851. The number of benzene rings is 1. The first kappa shape index (κ1) is 12.3. The van der Waals surface area contributed by atoms with E-state index < -0.39 is 5.82 Å². The van der Waals surface area contributed by atoms with Crippen molar-refractivity contribution in [3.63, 3.8) is 0 Å². The van der Waals surface area contributed by atoms with Gasteiger partial charge in [0.15, 0.2) is 0 Å². The van der Waals surface area contributed by atoms with Crippen molar-refractivity contribution in [2.75, 3.05) is 5.32 Å². The topological polar surface area (TPSA) is 72.9 Å². The molecule has 5 nitrogen and oxygen atoms in total. The number of nitrogens with one attached hydrogen (secondary N) is 1. The third-order valence-corrected chi connectivity index (χ3v) is 2.45. The Balaban J connectivity index is 2.04. The fourth-order valence-corrected chi connectivity index (χ4v) is 1.58. The Morgan fingerprint density at radius 3 is 2.94 bits per heavy atom. The summed E-state index contributed by atoms with van der Waals surface area (Å²) in [6, 6.07) is 6.01. The van der Waals surface area contributed by atoms with Gasteiger partial charge in [-0.1, -0.05) is 12.1 Å². The van der Waals surface area contributed by atoms with Crippen LogP contribution in [0.25, 0.3) is 0 Å². The van der Waals surface area contributed by atoms with E-state index in [2.05, 4.69) is 10.3 Å². The molecule has 94 valence electrons. The maximum atomic E-state index is 13.3. The average Bonchev–Trinajstić information content (AvgIpc) is 2.79. The van der Waals surface area contributed by atoms with Gasteiger partial charge in [0.05, 0.1) is 12.2 Å². The third kappa shape index (κ3) is 2.72. The molecule has 3 N–H and O–H groups in total. The molecule has 0 aliphatic heterocycles. The molecule has 1 amide bonds. The van der Waals surface area contributed by atoms with E-state index in [0.717, 1.165) is 0 Å². The Morgan fingerprint density at radius 1 is 1.44 bits per heavy atom. The van der Waals surface area contributed by atoms with Gasteiger partial charge in [-0.25, -0.2) is 9.37 Å². The number of aromatic nitrogens is 2. The molecule has 0 unspecified atom stereocenters. The average molecular weight is 248 g/mol. The molecular formula is C12H13FN4O. The molecule has 1 aromatic carbocycles. The second-order valence-electron chi connectivity index (χ2n) is 3.70. The van der Waals surface area contributed by atoms with Crippen molar-refractivity contribution < 1.29 is 9.18 Å². The minimum Gasteiger partial charge on any atom is -0.324 e. The molecule has 2 aromatic rings. The number of carbonyl (C=O) groups excluding carboxylic acids is 1. The maximum absolute atomic E-state index is 13.3. The molecule has 0 aliphatic carbocycles. The number of halogens is 1. The molecule has 0 spiro atoms. The lowest BCUT2D eigenvalue weighted by Gasteiger charge is -2.08. The SMILES string of the molecule is NCc1nccn1CC(=O)Nc1ccccc1F. The zero-order chi connectivity index (χ0) is 13.0. The summed E-state index contributed by atoms with van der Waals surface area (Å²) in [5.74, 6) is -0.179. The zero-order valence-electron chi connectivity index (χ0n) is 9.64. The number of anilines is 1. The highest BCUT2D eigenvalue weighted by atomic mass is 19.1. The van der Waals surface area contributed by atoms with E-state index in [9.17, 15) is 9.18 Å². The van der Waals surface area contributed by atoms with Crippen molar-refractivity contribution in [2.45, 2.75) is 13.1 Å². The minimum absolute atomic E-state index is 0.0564. The van der Waals surface area contributed by atoms with Crippen molar-refractivity contribution in [2.24, 2.45) is 5.73 Å². The molecule has 1 heterocycles. The van der Waals surface area contributed by atoms with Gasteiger partial charge < -0.3 is 15.6 Å². The van der Waals surface area contributed by atoms with Gasteiger partial charge in [-0.2, -0.15) is 0 Å². The van der Waals surface area contributed by atoms with Gasteiger partial charge in [0.1, 0.15) is 18.2 Å². The summed E-state index contributed by atoms with van der Waals surface area (Å²) in [5.41, 5.74) is 5.64. The van der Waals surface area contributed by atoms with Crippen LogP contribution in [0, 0.1) is 5.82 Å². The van der Waals surface area contributed by atoms with E-state index in [0.29, 0.717) is 5.82 Å². The van der Waals surface area contributed by atoms with Crippen LogP contribution in [0.2, 0.25) is 0 Å². The molecule has 18 heavy (non-hydrogen) atoms. The van der Waals surface area contributed by atoms with Gasteiger partial charge in [0, 0.05) is 12.4 Å². The second-order valence-corrected chi connectivity index (χ2v) is 3.70. The predicted octanol–water partition coefficient (Wildman–Crippen LogP) is 1.12. The summed E-state index contributed by atoms with van der Waals surface area (Å²) in [5, 5.41) is 2.50. The van der Waals surface area contributed by atoms with Gasteiger partial charge in [-0.05, 0) is 12.1 Å². The van der Waals surface area contributed by atoms with Crippen molar-refractivity contribution in [1.29, 1.82) is 0 Å². The molecule has 0 atom stereocenters. The summed E-state index contributed by atoms with van der Waals surface area (Å²) >= 11 is 0. The van der Waals surface area contributed by atoms with Gasteiger partial charge in [0.25, 0.3) is 0 Å². The smallest absolute Gasteiger partial charge is 0.244 e. The minimum atomic E-state index is -0.462. The van der Waals surface area contributed by atoms with Crippen LogP contribution in [0.15, 0.2) is 36.7 Å². The van der Waals surface area contributed by atoms with Crippen molar-refractivity contribution in [3.8, 4) is 0 Å². The number of imidazole rings is 1. The van der Waals surface area contributed by atoms with Gasteiger partial charge in [-0.15, -0.1) is 0 Å². The maximum Gasteiger partial charge on any atom is 0.244 e. The van der Waals surface area contributed by atoms with Crippen LogP contribution in [0.3, 0.4) is 0 Å². The first-order valence-corrected chi connectivity index (χ1v) is 5.45. The van der Waals surface area contributed by atoms with Crippen LogP contribution in [-0.4, -0.2) is 15.5 Å². The second kappa shape index (κ2) is 5.42. The normalized spacial score (nSPS) is 10.3.